The summed E-state index contributed by atoms with van der Waals surface area (Å²) in [6.07, 6.45) is 1.84. The van der Waals surface area contributed by atoms with E-state index in [0.717, 1.165) is 42.3 Å². The first-order valence-electron chi connectivity index (χ1n) is 7.09. The van der Waals surface area contributed by atoms with Crippen LogP contribution in [0.1, 0.15) is 39.1 Å². The fraction of sp³-hybridized carbons (Fsp3) is 0.786. The standard InChI is InChI=1S/C14H26ClN3O/c1-6-11-14(15)13(18(8-3)17-11)9-12(16-7-2)10(4)19-5/h10,12,16H,6-9H2,1-5H3. The number of aryl methyl sites for hydroxylation is 2. The Kier molecular flexibility index (Phi) is 6.83. The normalized spacial score (nSPS) is 14.6. The van der Waals surface area contributed by atoms with E-state index in [9.17, 15) is 0 Å². The molecule has 0 radical (unpaired) electrons. The van der Waals surface area contributed by atoms with Gasteiger partial charge in [-0.3, -0.25) is 4.68 Å². The number of ether oxygens (including phenoxy) is 1. The number of nitrogens with one attached hydrogen (secondary N) is 1. The SMILES string of the molecule is CCNC(Cc1c(Cl)c(CC)nn1CC)C(C)OC. The summed E-state index contributed by atoms with van der Waals surface area (Å²) in [6, 6.07) is 0.249. The molecule has 5 heteroatoms. The minimum absolute atomic E-state index is 0.140. The van der Waals surface area contributed by atoms with Gasteiger partial charge in [-0.15, -0.1) is 0 Å². The lowest BCUT2D eigenvalue weighted by atomic mass is 10.1. The van der Waals surface area contributed by atoms with Gasteiger partial charge in [0.25, 0.3) is 0 Å². The molecule has 0 amide bonds. The fourth-order valence-corrected chi connectivity index (χ4v) is 2.60. The number of likely N-dealkylation sites (N-methyl/N-ethyl adjacent to an activating group) is 1. The monoisotopic (exact) mass is 287 g/mol. The van der Waals surface area contributed by atoms with Crippen molar-refractivity contribution in [3.8, 4) is 0 Å². The van der Waals surface area contributed by atoms with Crippen LogP contribution in [0.2, 0.25) is 5.02 Å². The van der Waals surface area contributed by atoms with Crippen LogP contribution in [0.15, 0.2) is 0 Å². The summed E-state index contributed by atoms with van der Waals surface area (Å²) in [5.74, 6) is 0. The lowest BCUT2D eigenvalue weighted by Gasteiger charge is -2.24. The Hall–Kier alpha value is -0.580. The van der Waals surface area contributed by atoms with E-state index in [1.54, 1.807) is 7.11 Å². The summed E-state index contributed by atoms with van der Waals surface area (Å²) < 4.78 is 7.46. The summed E-state index contributed by atoms with van der Waals surface area (Å²) in [6.45, 7) is 10.1. The summed E-state index contributed by atoms with van der Waals surface area (Å²) >= 11 is 6.45. The largest absolute Gasteiger partial charge is 0.380 e. The van der Waals surface area contributed by atoms with Gasteiger partial charge in [-0.2, -0.15) is 5.10 Å². The van der Waals surface area contributed by atoms with E-state index in [2.05, 4.69) is 38.1 Å². The molecule has 2 atom stereocenters. The smallest absolute Gasteiger partial charge is 0.0850 e. The van der Waals surface area contributed by atoms with Crippen molar-refractivity contribution in [3.05, 3.63) is 16.4 Å². The number of nitrogens with zero attached hydrogens (tertiary/aromatic N) is 2. The third kappa shape index (κ3) is 3.94. The molecule has 0 aromatic carbocycles. The maximum Gasteiger partial charge on any atom is 0.0850 e. The van der Waals surface area contributed by atoms with Crippen molar-refractivity contribution in [1.29, 1.82) is 0 Å². The van der Waals surface area contributed by atoms with Crippen molar-refractivity contribution in [2.45, 2.75) is 59.2 Å². The molecule has 4 nitrogen and oxygen atoms in total. The number of aromatic nitrogens is 2. The molecule has 1 rings (SSSR count). The Labute approximate surface area is 121 Å². The topological polar surface area (TPSA) is 39.1 Å². The predicted molar refractivity (Wildman–Crippen MR) is 79.9 cm³/mol. The maximum atomic E-state index is 6.45. The molecule has 0 saturated heterocycles. The molecule has 1 heterocycles. The van der Waals surface area contributed by atoms with Gasteiger partial charge in [-0.05, 0) is 26.8 Å². The molecule has 0 spiro atoms. The molecule has 0 aliphatic rings. The Balaban J connectivity index is 2.97. The molecule has 110 valence electrons. The Bertz CT molecular complexity index is 392. The predicted octanol–water partition coefficient (Wildman–Crippen LogP) is 2.67. The van der Waals surface area contributed by atoms with E-state index in [1.165, 1.54) is 0 Å². The maximum absolute atomic E-state index is 6.45. The zero-order valence-corrected chi connectivity index (χ0v) is 13.4. The highest BCUT2D eigenvalue weighted by Crippen LogP contribution is 2.23. The molecule has 1 aromatic rings. The molecule has 0 fully saturated rings. The van der Waals surface area contributed by atoms with Gasteiger partial charge >= 0.3 is 0 Å². The average Bonchev–Trinajstić information content (AvgIpc) is 2.73. The fourth-order valence-electron chi connectivity index (χ4n) is 2.25. The van der Waals surface area contributed by atoms with Crippen molar-refractivity contribution in [2.75, 3.05) is 13.7 Å². The van der Waals surface area contributed by atoms with Crippen molar-refractivity contribution >= 4 is 11.6 Å². The van der Waals surface area contributed by atoms with Gasteiger partial charge in [-0.25, -0.2) is 0 Å². The van der Waals surface area contributed by atoms with Crippen LogP contribution in [-0.2, 0) is 24.1 Å². The van der Waals surface area contributed by atoms with Crippen LogP contribution in [-0.4, -0.2) is 35.6 Å². The third-order valence-electron chi connectivity index (χ3n) is 3.51. The molecule has 0 saturated carbocycles. The molecule has 0 bridgehead atoms. The van der Waals surface area contributed by atoms with Gasteiger partial charge in [0.2, 0.25) is 0 Å². The molecule has 19 heavy (non-hydrogen) atoms. The zero-order chi connectivity index (χ0) is 14.4. The van der Waals surface area contributed by atoms with Crippen LogP contribution in [0, 0.1) is 0 Å². The van der Waals surface area contributed by atoms with E-state index in [0.29, 0.717) is 0 Å². The van der Waals surface area contributed by atoms with Gasteiger partial charge in [0, 0.05) is 26.1 Å². The van der Waals surface area contributed by atoms with Crippen LogP contribution in [0.25, 0.3) is 0 Å². The van der Waals surface area contributed by atoms with Crippen molar-refractivity contribution in [3.63, 3.8) is 0 Å². The average molecular weight is 288 g/mol. The number of hydrogen-bond donors (Lipinski definition) is 1. The summed E-state index contributed by atoms with van der Waals surface area (Å²) in [5.41, 5.74) is 2.09. The highest BCUT2D eigenvalue weighted by atomic mass is 35.5. The number of rotatable bonds is 8. The van der Waals surface area contributed by atoms with E-state index >= 15 is 0 Å². The number of methoxy groups -OCH3 is 1. The van der Waals surface area contributed by atoms with Crippen molar-refractivity contribution < 1.29 is 4.74 Å². The first-order valence-corrected chi connectivity index (χ1v) is 7.46. The van der Waals surface area contributed by atoms with E-state index in [-0.39, 0.29) is 12.1 Å². The highest BCUT2D eigenvalue weighted by molar-refractivity contribution is 6.31. The Morgan fingerprint density at radius 2 is 2.05 bits per heavy atom. The van der Waals surface area contributed by atoms with Crippen LogP contribution in [0.5, 0.6) is 0 Å². The highest BCUT2D eigenvalue weighted by Gasteiger charge is 2.22. The minimum Gasteiger partial charge on any atom is -0.380 e. The minimum atomic E-state index is 0.140. The van der Waals surface area contributed by atoms with Crippen molar-refractivity contribution in [1.82, 2.24) is 15.1 Å². The second-order valence-corrected chi connectivity index (χ2v) is 5.06. The second-order valence-electron chi connectivity index (χ2n) is 4.69. The summed E-state index contributed by atoms with van der Waals surface area (Å²) in [4.78, 5) is 0. The quantitative estimate of drug-likeness (QED) is 0.799. The first-order chi connectivity index (χ1) is 9.08. The van der Waals surface area contributed by atoms with Gasteiger partial charge in [0.15, 0.2) is 0 Å². The Morgan fingerprint density at radius 3 is 2.53 bits per heavy atom. The number of hydrogen-bond acceptors (Lipinski definition) is 3. The van der Waals surface area contributed by atoms with Gasteiger partial charge in [0.1, 0.15) is 0 Å². The molecular weight excluding hydrogens is 262 g/mol. The lowest BCUT2D eigenvalue weighted by Crippen LogP contribution is -2.41. The Morgan fingerprint density at radius 1 is 1.37 bits per heavy atom. The summed E-state index contributed by atoms with van der Waals surface area (Å²) in [7, 11) is 1.74. The molecule has 0 aliphatic heterocycles. The van der Waals surface area contributed by atoms with E-state index in [1.807, 2.05) is 4.68 Å². The van der Waals surface area contributed by atoms with E-state index in [4.69, 9.17) is 16.3 Å². The number of halogens is 1. The van der Waals surface area contributed by atoms with Crippen LogP contribution in [0.3, 0.4) is 0 Å². The molecule has 2 unspecified atom stereocenters. The molecule has 1 N–H and O–H groups in total. The lowest BCUT2D eigenvalue weighted by molar-refractivity contribution is 0.0829. The molecule has 0 aliphatic carbocycles. The third-order valence-corrected chi connectivity index (χ3v) is 3.95. The first kappa shape index (κ1) is 16.5. The van der Waals surface area contributed by atoms with Gasteiger partial charge < -0.3 is 10.1 Å². The van der Waals surface area contributed by atoms with Gasteiger partial charge in [-0.1, -0.05) is 25.4 Å². The molecule has 1 aromatic heterocycles. The van der Waals surface area contributed by atoms with E-state index < -0.39 is 0 Å². The summed E-state index contributed by atoms with van der Waals surface area (Å²) in [5, 5.41) is 8.84. The second kappa shape index (κ2) is 7.88. The van der Waals surface area contributed by atoms with Crippen LogP contribution >= 0.6 is 11.6 Å². The van der Waals surface area contributed by atoms with Crippen LogP contribution < -0.4 is 5.32 Å². The molecular formula is C14H26ClN3O. The van der Waals surface area contributed by atoms with Gasteiger partial charge in [0.05, 0.1) is 22.5 Å². The van der Waals surface area contributed by atoms with Crippen molar-refractivity contribution in [2.24, 2.45) is 0 Å². The zero-order valence-electron chi connectivity index (χ0n) is 12.7. The van der Waals surface area contributed by atoms with Crippen LogP contribution in [0.4, 0.5) is 0 Å².